The highest BCUT2D eigenvalue weighted by molar-refractivity contribution is 5.78. The maximum Gasteiger partial charge on any atom is 0.227 e. The van der Waals surface area contributed by atoms with E-state index in [0.29, 0.717) is 19.8 Å². The number of aromatic nitrogens is 3. The van der Waals surface area contributed by atoms with E-state index in [1.54, 1.807) is 12.7 Å². The Morgan fingerprint density at radius 2 is 2.21 bits per heavy atom. The zero-order chi connectivity index (χ0) is 16.8. The molecular formula is C18H24N4O2. The quantitative estimate of drug-likeness (QED) is 0.816. The van der Waals surface area contributed by atoms with Crippen LogP contribution in [0.15, 0.2) is 43.0 Å². The second-order valence-corrected chi connectivity index (χ2v) is 6.36. The highest BCUT2D eigenvalue weighted by Gasteiger charge is 2.28. The molecule has 2 aromatic rings. The lowest BCUT2D eigenvalue weighted by Gasteiger charge is -2.34. The number of hydrogen-bond acceptors (Lipinski definition) is 4. The number of carbonyl (C=O) groups excluding carboxylic acids is 1. The summed E-state index contributed by atoms with van der Waals surface area (Å²) in [5, 5.41) is 4.20. The van der Waals surface area contributed by atoms with Gasteiger partial charge in [0.05, 0.1) is 25.2 Å². The van der Waals surface area contributed by atoms with Gasteiger partial charge in [0.15, 0.2) is 0 Å². The number of piperidine rings is 1. The van der Waals surface area contributed by atoms with Crippen LogP contribution in [0.25, 0.3) is 0 Å². The Kier molecular flexibility index (Phi) is 5.59. The average molecular weight is 328 g/mol. The molecule has 6 nitrogen and oxygen atoms in total. The Hall–Kier alpha value is -2.21. The molecule has 1 amide bonds. The van der Waals surface area contributed by atoms with Crippen molar-refractivity contribution in [3.05, 3.63) is 48.5 Å². The fourth-order valence-electron chi connectivity index (χ4n) is 3.09. The van der Waals surface area contributed by atoms with Crippen LogP contribution in [0, 0.1) is 5.92 Å². The van der Waals surface area contributed by atoms with Gasteiger partial charge in [-0.1, -0.05) is 37.3 Å². The number of amides is 1. The van der Waals surface area contributed by atoms with E-state index < -0.39 is 0 Å². The molecule has 0 spiro atoms. The van der Waals surface area contributed by atoms with Gasteiger partial charge in [0, 0.05) is 13.1 Å². The van der Waals surface area contributed by atoms with Gasteiger partial charge in [0.1, 0.15) is 12.7 Å². The van der Waals surface area contributed by atoms with Gasteiger partial charge in [-0.2, -0.15) is 5.10 Å². The Morgan fingerprint density at radius 1 is 1.38 bits per heavy atom. The van der Waals surface area contributed by atoms with Crippen LogP contribution in [0.4, 0.5) is 0 Å². The topological polar surface area (TPSA) is 60.2 Å². The molecule has 2 atom stereocenters. The maximum atomic E-state index is 12.7. The largest absolute Gasteiger partial charge is 0.376 e. The van der Waals surface area contributed by atoms with E-state index >= 15 is 0 Å². The minimum atomic E-state index is -0.136. The van der Waals surface area contributed by atoms with E-state index in [0.717, 1.165) is 24.9 Å². The van der Waals surface area contributed by atoms with Crippen molar-refractivity contribution in [3.8, 4) is 0 Å². The summed E-state index contributed by atoms with van der Waals surface area (Å²) in [5.41, 5.74) is 1.13. The van der Waals surface area contributed by atoms with Gasteiger partial charge >= 0.3 is 0 Å². The molecule has 1 aliphatic rings. The number of benzene rings is 1. The van der Waals surface area contributed by atoms with Crippen molar-refractivity contribution in [2.24, 2.45) is 5.92 Å². The zero-order valence-corrected chi connectivity index (χ0v) is 14.0. The first-order valence-electron chi connectivity index (χ1n) is 8.48. The van der Waals surface area contributed by atoms with E-state index in [-0.39, 0.29) is 17.9 Å². The molecular weight excluding hydrogens is 304 g/mol. The number of hydrogen-bond donors (Lipinski definition) is 0. The van der Waals surface area contributed by atoms with Crippen LogP contribution in [0.5, 0.6) is 0 Å². The van der Waals surface area contributed by atoms with Crippen molar-refractivity contribution < 1.29 is 9.53 Å². The first kappa shape index (κ1) is 16.6. The summed E-state index contributed by atoms with van der Waals surface area (Å²) in [6, 6.07) is 10.2. The van der Waals surface area contributed by atoms with Crippen molar-refractivity contribution in [3.63, 3.8) is 0 Å². The third-order valence-corrected chi connectivity index (χ3v) is 4.42. The van der Waals surface area contributed by atoms with E-state index in [9.17, 15) is 4.79 Å². The summed E-state index contributed by atoms with van der Waals surface area (Å²) in [5.74, 6) is 0.0242. The highest BCUT2D eigenvalue weighted by Crippen LogP contribution is 2.21. The predicted molar refractivity (Wildman–Crippen MR) is 90.1 cm³/mol. The van der Waals surface area contributed by atoms with Crippen LogP contribution in [-0.2, 0) is 16.1 Å². The zero-order valence-electron chi connectivity index (χ0n) is 14.0. The number of likely N-dealkylation sites (tertiary alicyclic amines) is 1. The van der Waals surface area contributed by atoms with Gasteiger partial charge in [-0.05, 0) is 18.4 Å². The van der Waals surface area contributed by atoms with E-state index in [1.807, 2.05) is 46.8 Å². The normalized spacial score (nSPS) is 19.2. The van der Waals surface area contributed by atoms with Crippen LogP contribution in [0.1, 0.15) is 31.4 Å². The molecule has 0 saturated carbocycles. The molecule has 0 N–H and O–H groups in total. The minimum absolute atomic E-state index is 0.136. The monoisotopic (exact) mass is 328 g/mol. The van der Waals surface area contributed by atoms with E-state index in [1.165, 1.54) is 0 Å². The predicted octanol–water partition coefficient (Wildman–Crippen LogP) is 2.29. The number of nitrogens with zero attached hydrogens (tertiary/aromatic N) is 4. The summed E-state index contributed by atoms with van der Waals surface area (Å²) < 4.78 is 7.57. The third-order valence-electron chi connectivity index (χ3n) is 4.42. The molecule has 3 rings (SSSR count). The van der Waals surface area contributed by atoms with Gasteiger partial charge in [-0.3, -0.25) is 4.79 Å². The molecule has 1 aliphatic heterocycles. The van der Waals surface area contributed by atoms with Gasteiger partial charge in [0.25, 0.3) is 0 Å². The molecule has 1 aromatic carbocycles. The molecule has 0 unspecified atom stereocenters. The summed E-state index contributed by atoms with van der Waals surface area (Å²) in [7, 11) is 0. The Balaban J connectivity index is 1.48. The fraction of sp³-hybridized carbons (Fsp3) is 0.500. The van der Waals surface area contributed by atoms with Crippen LogP contribution < -0.4 is 0 Å². The van der Waals surface area contributed by atoms with Gasteiger partial charge < -0.3 is 9.64 Å². The van der Waals surface area contributed by atoms with Crippen molar-refractivity contribution in [1.82, 2.24) is 19.7 Å². The number of ether oxygens (including phenoxy) is 1. The van der Waals surface area contributed by atoms with Crippen molar-refractivity contribution in [2.75, 3.05) is 19.7 Å². The van der Waals surface area contributed by atoms with E-state index in [4.69, 9.17) is 4.74 Å². The number of rotatable bonds is 6. The molecule has 1 fully saturated rings. The average Bonchev–Trinajstić information content (AvgIpc) is 3.17. The van der Waals surface area contributed by atoms with E-state index in [2.05, 4.69) is 10.1 Å². The second-order valence-electron chi connectivity index (χ2n) is 6.36. The van der Waals surface area contributed by atoms with Crippen LogP contribution in [0.2, 0.25) is 0 Å². The summed E-state index contributed by atoms with van der Waals surface area (Å²) in [6.45, 7) is 4.43. The van der Waals surface area contributed by atoms with Crippen LogP contribution in [-0.4, -0.2) is 45.3 Å². The molecule has 1 saturated heterocycles. The lowest BCUT2D eigenvalue weighted by Crippen LogP contribution is -2.44. The lowest BCUT2D eigenvalue weighted by atomic mass is 10.0. The first-order chi connectivity index (χ1) is 11.7. The molecule has 2 heterocycles. The summed E-state index contributed by atoms with van der Waals surface area (Å²) >= 11 is 0. The summed E-state index contributed by atoms with van der Waals surface area (Å²) in [6.07, 6.45) is 5.30. The molecule has 0 aliphatic carbocycles. The van der Waals surface area contributed by atoms with Gasteiger partial charge in [0.2, 0.25) is 5.91 Å². The SMILES string of the molecule is C[C@H](COCc1ccccc1)C(=O)N1CCC[C@@H](n2cncn2)C1. The Morgan fingerprint density at radius 3 is 2.96 bits per heavy atom. The van der Waals surface area contributed by atoms with Gasteiger partial charge in [-0.15, -0.1) is 0 Å². The molecule has 6 heteroatoms. The fourth-order valence-corrected chi connectivity index (χ4v) is 3.09. The van der Waals surface area contributed by atoms with Crippen molar-refractivity contribution >= 4 is 5.91 Å². The van der Waals surface area contributed by atoms with Crippen LogP contribution in [0.3, 0.4) is 0 Å². The van der Waals surface area contributed by atoms with Gasteiger partial charge in [-0.25, -0.2) is 9.67 Å². The Labute approximate surface area is 142 Å². The molecule has 128 valence electrons. The molecule has 0 bridgehead atoms. The minimum Gasteiger partial charge on any atom is -0.376 e. The highest BCUT2D eigenvalue weighted by atomic mass is 16.5. The second kappa shape index (κ2) is 8.06. The summed E-state index contributed by atoms with van der Waals surface area (Å²) in [4.78, 5) is 18.6. The third kappa shape index (κ3) is 4.20. The first-order valence-corrected chi connectivity index (χ1v) is 8.48. The van der Waals surface area contributed by atoms with Crippen molar-refractivity contribution in [1.29, 1.82) is 0 Å². The standard InChI is InChI=1S/C18H24N4O2/c1-15(11-24-12-16-6-3-2-4-7-16)18(23)21-9-5-8-17(10-21)22-14-19-13-20-22/h2-4,6-7,13-15,17H,5,8-12H2,1H3/t15-,17-/m1/s1. The molecule has 1 aromatic heterocycles. The Bertz CT molecular complexity index is 630. The lowest BCUT2D eigenvalue weighted by molar-refractivity contribution is -0.138. The maximum absolute atomic E-state index is 12.7. The number of carbonyl (C=O) groups is 1. The van der Waals surface area contributed by atoms with Crippen molar-refractivity contribution in [2.45, 2.75) is 32.4 Å². The smallest absolute Gasteiger partial charge is 0.227 e. The molecule has 0 radical (unpaired) electrons. The molecule has 24 heavy (non-hydrogen) atoms. The van der Waals surface area contributed by atoms with Crippen LogP contribution >= 0.6 is 0 Å².